The Morgan fingerprint density at radius 2 is 2.07 bits per heavy atom. The number of hydrogen-bond acceptors (Lipinski definition) is 3. The van der Waals surface area contributed by atoms with Crippen LogP contribution >= 0.6 is 11.8 Å². The Balaban J connectivity index is 2.75. The summed E-state index contributed by atoms with van der Waals surface area (Å²) in [7, 11) is 1.44. The molecule has 0 aromatic heterocycles. The van der Waals surface area contributed by atoms with Crippen molar-refractivity contribution >= 4 is 17.7 Å². The van der Waals surface area contributed by atoms with E-state index in [0.29, 0.717) is 5.25 Å². The van der Waals surface area contributed by atoms with Gasteiger partial charge in [0.05, 0.1) is 12.0 Å². The predicted octanol–water partition coefficient (Wildman–Crippen LogP) is 2.99. The minimum Gasteiger partial charge on any atom is -0.465 e. The maximum absolute atomic E-state index is 11.4. The normalized spacial score (nSPS) is 22.8. The summed E-state index contributed by atoms with van der Waals surface area (Å²) in [5.41, 5.74) is 1.41. The minimum atomic E-state index is -0.181. The van der Waals surface area contributed by atoms with Crippen molar-refractivity contribution in [3.63, 3.8) is 0 Å². The standard InChI is InChI=1S/C11H18O2S/c1-7-6-8(11(2,3)4)14-9(7)10(12)13-5/h8H,6H2,1-5H3. The van der Waals surface area contributed by atoms with E-state index in [-0.39, 0.29) is 11.4 Å². The summed E-state index contributed by atoms with van der Waals surface area (Å²) in [6.07, 6.45) is 0.999. The highest BCUT2D eigenvalue weighted by Gasteiger charge is 2.34. The molecule has 0 saturated carbocycles. The van der Waals surface area contributed by atoms with Crippen LogP contribution in [0.5, 0.6) is 0 Å². The lowest BCUT2D eigenvalue weighted by atomic mass is 9.88. The Morgan fingerprint density at radius 1 is 1.50 bits per heavy atom. The average molecular weight is 214 g/mol. The van der Waals surface area contributed by atoms with Gasteiger partial charge in [0.15, 0.2) is 0 Å². The first kappa shape index (κ1) is 11.6. The number of carbonyl (C=O) groups excluding carboxylic acids is 1. The fourth-order valence-corrected chi connectivity index (χ4v) is 2.89. The molecule has 0 fully saturated rings. The third-order valence-electron chi connectivity index (χ3n) is 2.48. The number of carbonyl (C=O) groups is 1. The van der Waals surface area contributed by atoms with Crippen molar-refractivity contribution in [1.82, 2.24) is 0 Å². The molecule has 2 nitrogen and oxygen atoms in total. The summed E-state index contributed by atoms with van der Waals surface area (Å²) in [5.74, 6) is -0.181. The van der Waals surface area contributed by atoms with Crippen LogP contribution in [-0.4, -0.2) is 18.3 Å². The molecule has 0 radical (unpaired) electrons. The van der Waals surface area contributed by atoms with E-state index in [2.05, 4.69) is 20.8 Å². The van der Waals surface area contributed by atoms with E-state index in [1.54, 1.807) is 11.8 Å². The van der Waals surface area contributed by atoms with Gasteiger partial charge >= 0.3 is 5.97 Å². The highest BCUT2D eigenvalue weighted by atomic mass is 32.2. The SMILES string of the molecule is COC(=O)C1=C(C)CC(C(C)(C)C)S1. The summed E-state index contributed by atoms with van der Waals surface area (Å²) in [6.45, 7) is 8.64. The van der Waals surface area contributed by atoms with Crippen LogP contribution < -0.4 is 0 Å². The summed E-state index contributed by atoms with van der Waals surface area (Å²) >= 11 is 1.66. The molecule has 0 N–H and O–H groups in total. The van der Waals surface area contributed by atoms with E-state index in [4.69, 9.17) is 4.74 Å². The van der Waals surface area contributed by atoms with Gasteiger partial charge in [-0.15, -0.1) is 11.8 Å². The van der Waals surface area contributed by atoms with Gasteiger partial charge in [-0.3, -0.25) is 0 Å². The first-order valence-corrected chi connectivity index (χ1v) is 5.69. The van der Waals surface area contributed by atoms with Crippen LogP contribution in [0.1, 0.15) is 34.1 Å². The number of esters is 1. The highest BCUT2D eigenvalue weighted by Crippen LogP contribution is 2.46. The van der Waals surface area contributed by atoms with Gasteiger partial charge in [0.25, 0.3) is 0 Å². The largest absolute Gasteiger partial charge is 0.465 e. The second kappa shape index (κ2) is 3.97. The van der Waals surface area contributed by atoms with Crippen molar-refractivity contribution in [2.24, 2.45) is 5.41 Å². The molecule has 0 bridgehead atoms. The van der Waals surface area contributed by atoms with Gasteiger partial charge in [0.1, 0.15) is 0 Å². The van der Waals surface area contributed by atoms with Gasteiger partial charge < -0.3 is 4.74 Å². The van der Waals surface area contributed by atoms with Gasteiger partial charge in [0, 0.05) is 5.25 Å². The Hall–Kier alpha value is -0.440. The van der Waals surface area contributed by atoms with Crippen LogP contribution in [-0.2, 0) is 9.53 Å². The first-order chi connectivity index (χ1) is 6.36. The van der Waals surface area contributed by atoms with Crippen LogP contribution in [0, 0.1) is 5.41 Å². The molecular formula is C11H18O2S. The predicted molar refractivity (Wildman–Crippen MR) is 60.2 cm³/mol. The van der Waals surface area contributed by atoms with Crippen LogP contribution in [0.2, 0.25) is 0 Å². The lowest BCUT2D eigenvalue weighted by molar-refractivity contribution is -0.135. The molecule has 0 spiro atoms. The van der Waals surface area contributed by atoms with Crippen molar-refractivity contribution in [2.45, 2.75) is 39.4 Å². The fourth-order valence-electron chi connectivity index (χ4n) is 1.45. The topological polar surface area (TPSA) is 26.3 Å². The number of hydrogen-bond donors (Lipinski definition) is 0. The third-order valence-corrected chi connectivity index (χ3v) is 4.39. The maximum atomic E-state index is 11.4. The maximum Gasteiger partial charge on any atom is 0.344 e. The zero-order chi connectivity index (χ0) is 10.9. The molecule has 0 aromatic rings. The van der Waals surface area contributed by atoms with E-state index in [0.717, 1.165) is 11.3 Å². The number of thioether (sulfide) groups is 1. The molecule has 1 atom stereocenters. The number of ether oxygens (including phenoxy) is 1. The quantitative estimate of drug-likeness (QED) is 0.628. The van der Waals surface area contributed by atoms with Crippen LogP contribution in [0.4, 0.5) is 0 Å². The molecule has 80 valence electrons. The average Bonchev–Trinajstić information content (AvgIpc) is 2.45. The van der Waals surface area contributed by atoms with Crippen LogP contribution in [0.25, 0.3) is 0 Å². The lowest BCUT2D eigenvalue weighted by Crippen LogP contribution is -2.21. The van der Waals surface area contributed by atoms with Gasteiger partial charge in [-0.25, -0.2) is 4.79 Å². The summed E-state index contributed by atoms with van der Waals surface area (Å²) in [4.78, 5) is 12.2. The third kappa shape index (κ3) is 2.32. The Labute approximate surface area is 90.1 Å². The fraction of sp³-hybridized carbons (Fsp3) is 0.727. The van der Waals surface area contributed by atoms with Gasteiger partial charge in [-0.05, 0) is 18.8 Å². The number of allylic oxidation sites excluding steroid dienone is 1. The van der Waals surface area contributed by atoms with Crippen molar-refractivity contribution in [3.05, 3.63) is 10.5 Å². The van der Waals surface area contributed by atoms with Crippen molar-refractivity contribution in [3.8, 4) is 0 Å². The Kier molecular flexibility index (Phi) is 3.30. The zero-order valence-electron chi connectivity index (χ0n) is 9.51. The summed E-state index contributed by atoms with van der Waals surface area (Å²) < 4.78 is 4.75. The van der Waals surface area contributed by atoms with Gasteiger partial charge in [-0.1, -0.05) is 26.3 Å². The van der Waals surface area contributed by atoms with Crippen LogP contribution in [0.3, 0.4) is 0 Å². The molecule has 1 aliphatic heterocycles. The highest BCUT2D eigenvalue weighted by molar-refractivity contribution is 8.04. The van der Waals surface area contributed by atoms with E-state index < -0.39 is 0 Å². The molecule has 14 heavy (non-hydrogen) atoms. The molecule has 0 aliphatic carbocycles. The lowest BCUT2D eigenvalue weighted by Gasteiger charge is -2.26. The van der Waals surface area contributed by atoms with Gasteiger partial charge in [-0.2, -0.15) is 0 Å². The molecule has 0 aromatic carbocycles. The smallest absolute Gasteiger partial charge is 0.344 e. The second-order valence-corrected chi connectivity index (χ2v) is 5.99. The zero-order valence-corrected chi connectivity index (χ0v) is 10.3. The van der Waals surface area contributed by atoms with E-state index in [9.17, 15) is 4.79 Å². The monoisotopic (exact) mass is 214 g/mol. The molecule has 0 saturated heterocycles. The first-order valence-electron chi connectivity index (χ1n) is 4.81. The molecule has 0 amide bonds. The van der Waals surface area contributed by atoms with Crippen LogP contribution in [0.15, 0.2) is 10.5 Å². The molecule has 3 heteroatoms. The van der Waals surface area contributed by atoms with E-state index >= 15 is 0 Å². The molecule has 1 rings (SSSR count). The summed E-state index contributed by atoms with van der Waals surface area (Å²) in [5, 5.41) is 0.497. The van der Waals surface area contributed by atoms with E-state index in [1.165, 1.54) is 12.7 Å². The van der Waals surface area contributed by atoms with Crippen molar-refractivity contribution in [2.75, 3.05) is 7.11 Å². The molecule has 1 aliphatic rings. The minimum absolute atomic E-state index is 0.181. The van der Waals surface area contributed by atoms with Crippen molar-refractivity contribution in [1.29, 1.82) is 0 Å². The Morgan fingerprint density at radius 3 is 2.43 bits per heavy atom. The molecular weight excluding hydrogens is 196 g/mol. The second-order valence-electron chi connectivity index (χ2n) is 4.78. The van der Waals surface area contributed by atoms with Crippen molar-refractivity contribution < 1.29 is 9.53 Å². The summed E-state index contributed by atoms with van der Waals surface area (Å²) in [6, 6.07) is 0. The molecule has 1 heterocycles. The van der Waals surface area contributed by atoms with Gasteiger partial charge in [0.2, 0.25) is 0 Å². The Bertz CT molecular complexity index is 274. The molecule has 1 unspecified atom stereocenters. The number of rotatable bonds is 1. The number of methoxy groups -OCH3 is 1. The van der Waals surface area contributed by atoms with E-state index in [1.807, 2.05) is 6.92 Å².